The Bertz CT molecular complexity index is 454. The molecule has 2 rings (SSSR count). The van der Waals surface area contributed by atoms with Crippen molar-refractivity contribution in [2.75, 3.05) is 0 Å². The Morgan fingerprint density at radius 2 is 2.36 bits per heavy atom. The van der Waals surface area contributed by atoms with E-state index in [-0.39, 0.29) is 5.76 Å². The fourth-order valence-electron chi connectivity index (χ4n) is 1.27. The van der Waals surface area contributed by atoms with Gasteiger partial charge in [-0.25, -0.2) is 4.79 Å². The number of carboxylic acids is 1. The van der Waals surface area contributed by atoms with Crippen molar-refractivity contribution in [3.63, 3.8) is 0 Å². The molecule has 0 aliphatic heterocycles. The van der Waals surface area contributed by atoms with E-state index < -0.39 is 5.97 Å². The largest absolute Gasteiger partial charge is 0.475 e. The van der Waals surface area contributed by atoms with Crippen LogP contribution in [0.2, 0.25) is 0 Å². The van der Waals surface area contributed by atoms with Crippen molar-refractivity contribution in [2.45, 2.75) is 6.92 Å². The van der Waals surface area contributed by atoms with Gasteiger partial charge in [-0.1, -0.05) is 0 Å². The van der Waals surface area contributed by atoms with Crippen LogP contribution in [-0.2, 0) is 0 Å². The highest BCUT2D eigenvalue weighted by Gasteiger charge is 2.14. The van der Waals surface area contributed by atoms with Gasteiger partial charge in [-0.05, 0) is 30.0 Å². The van der Waals surface area contributed by atoms with Gasteiger partial charge in [-0.2, -0.15) is 11.3 Å². The van der Waals surface area contributed by atoms with Crippen LogP contribution in [-0.4, -0.2) is 11.1 Å². The molecule has 4 heteroatoms. The van der Waals surface area contributed by atoms with E-state index in [1.807, 2.05) is 23.8 Å². The number of rotatable bonds is 2. The van der Waals surface area contributed by atoms with E-state index in [0.29, 0.717) is 5.76 Å². The van der Waals surface area contributed by atoms with E-state index in [2.05, 4.69) is 0 Å². The molecule has 1 N–H and O–H groups in total. The van der Waals surface area contributed by atoms with Crippen LogP contribution in [0.5, 0.6) is 0 Å². The van der Waals surface area contributed by atoms with E-state index in [9.17, 15) is 4.79 Å². The zero-order valence-electron chi connectivity index (χ0n) is 7.48. The third-order valence-electron chi connectivity index (χ3n) is 1.91. The lowest BCUT2D eigenvalue weighted by molar-refractivity contribution is 0.0663. The van der Waals surface area contributed by atoms with Crippen molar-refractivity contribution in [3.05, 3.63) is 34.2 Å². The van der Waals surface area contributed by atoms with Gasteiger partial charge in [0.15, 0.2) is 0 Å². The van der Waals surface area contributed by atoms with Crippen LogP contribution in [0.15, 0.2) is 27.3 Å². The molecule has 0 aliphatic rings. The maximum atomic E-state index is 10.6. The summed E-state index contributed by atoms with van der Waals surface area (Å²) in [5.41, 5.74) is 1.78. The molecule has 0 bridgehead atoms. The molecular weight excluding hydrogens is 200 g/mol. The van der Waals surface area contributed by atoms with E-state index in [1.54, 1.807) is 11.3 Å². The number of aromatic carboxylic acids is 1. The normalized spacial score (nSPS) is 10.4. The highest BCUT2D eigenvalue weighted by molar-refractivity contribution is 7.08. The lowest BCUT2D eigenvalue weighted by Gasteiger charge is -1.92. The van der Waals surface area contributed by atoms with Crippen molar-refractivity contribution in [1.82, 2.24) is 0 Å². The Morgan fingerprint density at radius 1 is 1.57 bits per heavy atom. The SMILES string of the molecule is Cc1cc(C(=O)O)oc1-c1ccsc1. The topological polar surface area (TPSA) is 50.4 Å². The van der Waals surface area contributed by atoms with Crippen LogP contribution in [0.4, 0.5) is 0 Å². The maximum absolute atomic E-state index is 10.6. The van der Waals surface area contributed by atoms with Crippen LogP contribution in [0, 0.1) is 6.92 Å². The van der Waals surface area contributed by atoms with Crippen LogP contribution in [0.25, 0.3) is 11.3 Å². The average Bonchev–Trinajstić information content (AvgIpc) is 2.71. The smallest absolute Gasteiger partial charge is 0.371 e. The molecule has 0 radical (unpaired) electrons. The van der Waals surface area contributed by atoms with Gasteiger partial charge in [-0.15, -0.1) is 0 Å². The van der Waals surface area contributed by atoms with Gasteiger partial charge in [-0.3, -0.25) is 0 Å². The van der Waals surface area contributed by atoms with E-state index in [1.165, 1.54) is 6.07 Å². The molecule has 72 valence electrons. The first kappa shape index (κ1) is 9.02. The van der Waals surface area contributed by atoms with Crippen molar-refractivity contribution in [1.29, 1.82) is 0 Å². The Hall–Kier alpha value is -1.55. The van der Waals surface area contributed by atoms with Crippen LogP contribution in [0.1, 0.15) is 16.1 Å². The number of furan rings is 1. The molecular formula is C10H8O3S. The van der Waals surface area contributed by atoms with E-state index in [0.717, 1.165) is 11.1 Å². The molecule has 2 heterocycles. The summed E-state index contributed by atoms with van der Waals surface area (Å²) in [6, 6.07) is 3.44. The first-order chi connectivity index (χ1) is 6.68. The van der Waals surface area contributed by atoms with Crippen molar-refractivity contribution < 1.29 is 14.3 Å². The molecule has 0 unspecified atom stereocenters. The van der Waals surface area contributed by atoms with Crippen LogP contribution >= 0.6 is 11.3 Å². The Labute approximate surface area is 84.6 Å². The molecule has 0 atom stereocenters. The van der Waals surface area contributed by atoms with Gasteiger partial charge in [0, 0.05) is 10.9 Å². The monoisotopic (exact) mass is 208 g/mol. The Kier molecular flexibility index (Phi) is 2.13. The molecule has 2 aromatic rings. The molecule has 14 heavy (non-hydrogen) atoms. The molecule has 0 spiro atoms. The molecule has 0 saturated heterocycles. The second kappa shape index (κ2) is 3.31. The predicted molar refractivity (Wildman–Crippen MR) is 53.7 cm³/mol. The summed E-state index contributed by atoms with van der Waals surface area (Å²) in [6.07, 6.45) is 0. The summed E-state index contributed by atoms with van der Waals surface area (Å²) in [7, 11) is 0. The van der Waals surface area contributed by atoms with Gasteiger partial charge in [0.1, 0.15) is 5.76 Å². The third-order valence-corrected chi connectivity index (χ3v) is 2.60. The first-order valence-electron chi connectivity index (χ1n) is 4.05. The van der Waals surface area contributed by atoms with Gasteiger partial charge in [0.2, 0.25) is 5.76 Å². The highest BCUT2D eigenvalue weighted by atomic mass is 32.1. The van der Waals surface area contributed by atoms with E-state index >= 15 is 0 Å². The summed E-state index contributed by atoms with van der Waals surface area (Å²) < 4.78 is 5.23. The second-order valence-corrected chi connectivity index (χ2v) is 3.72. The number of carboxylic acid groups (broad SMARTS) is 1. The minimum atomic E-state index is -1.03. The summed E-state index contributed by atoms with van der Waals surface area (Å²) >= 11 is 1.55. The molecule has 0 fully saturated rings. The van der Waals surface area contributed by atoms with Crippen LogP contribution in [0.3, 0.4) is 0 Å². The van der Waals surface area contributed by atoms with Gasteiger partial charge in [0.25, 0.3) is 0 Å². The molecule has 0 aliphatic carbocycles. The van der Waals surface area contributed by atoms with Crippen LogP contribution < -0.4 is 0 Å². The zero-order chi connectivity index (χ0) is 10.1. The third kappa shape index (κ3) is 1.44. The average molecular weight is 208 g/mol. The minimum Gasteiger partial charge on any atom is -0.475 e. The first-order valence-corrected chi connectivity index (χ1v) is 4.99. The van der Waals surface area contributed by atoms with Crippen molar-refractivity contribution >= 4 is 17.3 Å². The highest BCUT2D eigenvalue weighted by Crippen LogP contribution is 2.28. The molecule has 2 aromatic heterocycles. The fraction of sp³-hybridized carbons (Fsp3) is 0.100. The summed E-state index contributed by atoms with van der Waals surface area (Å²) in [6.45, 7) is 1.84. The number of hydrogen-bond donors (Lipinski definition) is 1. The number of thiophene rings is 1. The summed E-state index contributed by atoms with van der Waals surface area (Å²) in [5, 5.41) is 12.6. The van der Waals surface area contributed by atoms with E-state index in [4.69, 9.17) is 9.52 Å². The van der Waals surface area contributed by atoms with Crippen molar-refractivity contribution in [2.24, 2.45) is 0 Å². The van der Waals surface area contributed by atoms with Gasteiger partial charge < -0.3 is 9.52 Å². The van der Waals surface area contributed by atoms with Crippen molar-refractivity contribution in [3.8, 4) is 11.3 Å². The zero-order valence-corrected chi connectivity index (χ0v) is 8.30. The molecule has 0 aromatic carbocycles. The number of aryl methyl sites for hydroxylation is 1. The quantitative estimate of drug-likeness (QED) is 0.825. The Morgan fingerprint density at radius 3 is 2.86 bits per heavy atom. The lowest BCUT2D eigenvalue weighted by Crippen LogP contribution is -1.91. The fourth-order valence-corrected chi connectivity index (χ4v) is 1.90. The number of carbonyl (C=O) groups is 1. The second-order valence-electron chi connectivity index (χ2n) is 2.94. The van der Waals surface area contributed by atoms with Gasteiger partial charge in [0.05, 0.1) is 0 Å². The number of hydrogen-bond acceptors (Lipinski definition) is 3. The minimum absolute atomic E-state index is 0.0105. The van der Waals surface area contributed by atoms with Gasteiger partial charge >= 0.3 is 5.97 Å². The Balaban J connectivity index is 2.50. The lowest BCUT2D eigenvalue weighted by atomic mass is 10.2. The molecule has 0 amide bonds. The predicted octanol–water partition coefficient (Wildman–Crippen LogP) is 3.01. The summed E-state index contributed by atoms with van der Waals surface area (Å²) in [4.78, 5) is 10.6. The molecule has 0 saturated carbocycles. The standard InChI is InChI=1S/C10H8O3S/c1-6-4-8(10(11)12)13-9(6)7-2-3-14-5-7/h2-5H,1H3,(H,11,12). The molecule has 3 nitrogen and oxygen atoms in total. The summed E-state index contributed by atoms with van der Waals surface area (Å²) in [5.74, 6) is -0.401. The maximum Gasteiger partial charge on any atom is 0.371 e.